The van der Waals surface area contributed by atoms with Crippen LogP contribution in [0.3, 0.4) is 0 Å². The van der Waals surface area contributed by atoms with E-state index >= 15 is 0 Å². The summed E-state index contributed by atoms with van der Waals surface area (Å²) in [7, 11) is 1.50. The fourth-order valence-corrected chi connectivity index (χ4v) is 1.68. The van der Waals surface area contributed by atoms with Crippen LogP contribution in [0.5, 0.6) is 0 Å². The molecule has 0 aromatic heterocycles. The Labute approximate surface area is 114 Å². The zero-order chi connectivity index (χ0) is 14.2. The molecule has 0 fully saturated rings. The Bertz CT molecular complexity index is 229. The lowest BCUT2D eigenvalue weighted by atomic mass is 9.99. The van der Waals surface area contributed by atoms with Crippen molar-refractivity contribution >= 4 is 0 Å². The first-order valence-electron chi connectivity index (χ1n) is 7.12. The van der Waals surface area contributed by atoms with E-state index in [1.165, 1.54) is 31.9 Å². The highest BCUT2D eigenvalue weighted by Crippen LogP contribution is 2.15. The SMILES string of the molecule is C=CCCCNC(C)C1=CC=CCC1.CC.CN. The van der Waals surface area contributed by atoms with Gasteiger partial charge in [-0.25, -0.2) is 0 Å². The zero-order valence-electron chi connectivity index (χ0n) is 12.7. The predicted molar refractivity (Wildman–Crippen MR) is 84.8 cm³/mol. The molecule has 0 radical (unpaired) electrons. The fourth-order valence-electron chi connectivity index (χ4n) is 1.68. The van der Waals surface area contributed by atoms with E-state index in [0.717, 1.165) is 13.0 Å². The topological polar surface area (TPSA) is 38.0 Å². The second kappa shape index (κ2) is 16.1. The molecule has 1 aliphatic rings. The van der Waals surface area contributed by atoms with Gasteiger partial charge in [0.25, 0.3) is 0 Å². The van der Waals surface area contributed by atoms with Crippen molar-refractivity contribution < 1.29 is 0 Å². The standard InChI is InChI=1S/C13H21N.C2H6.CH5N/c1-3-4-8-11-14-12(2)13-9-6-5-7-10-13;2*1-2/h3,5-6,9,12,14H,1,4,7-8,10-11H2,2H3;1-2H3;2H2,1H3. The van der Waals surface area contributed by atoms with Gasteiger partial charge in [0.15, 0.2) is 0 Å². The van der Waals surface area contributed by atoms with Gasteiger partial charge in [-0.15, -0.1) is 6.58 Å². The van der Waals surface area contributed by atoms with Crippen molar-refractivity contribution in [1.29, 1.82) is 0 Å². The minimum absolute atomic E-state index is 0.532. The van der Waals surface area contributed by atoms with Gasteiger partial charge in [-0.1, -0.05) is 43.7 Å². The third-order valence-corrected chi connectivity index (χ3v) is 2.64. The van der Waals surface area contributed by atoms with Gasteiger partial charge in [0.1, 0.15) is 0 Å². The van der Waals surface area contributed by atoms with Gasteiger partial charge in [0.2, 0.25) is 0 Å². The smallest absolute Gasteiger partial charge is 0.0254 e. The molecule has 2 heteroatoms. The second-order valence-electron chi connectivity index (χ2n) is 3.82. The fraction of sp³-hybridized carbons (Fsp3) is 0.625. The highest BCUT2D eigenvalue weighted by Gasteiger charge is 2.07. The molecular weight excluding hydrogens is 220 g/mol. The molecule has 0 aromatic carbocycles. The Morgan fingerprint density at radius 2 is 2.11 bits per heavy atom. The lowest BCUT2D eigenvalue weighted by molar-refractivity contribution is 0.574. The Kier molecular flexibility index (Phi) is 17.5. The molecule has 0 amide bonds. The lowest BCUT2D eigenvalue weighted by Gasteiger charge is -2.18. The molecule has 0 bridgehead atoms. The Morgan fingerprint density at radius 1 is 1.44 bits per heavy atom. The molecule has 1 aliphatic carbocycles. The summed E-state index contributed by atoms with van der Waals surface area (Å²) in [5.41, 5.74) is 6.03. The molecular formula is C16H32N2. The quantitative estimate of drug-likeness (QED) is 0.557. The van der Waals surface area contributed by atoms with Crippen LogP contribution in [0.2, 0.25) is 0 Å². The lowest BCUT2D eigenvalue weighted by Crippen LogP contribution is -2.29. The number of rotatable bonds is 6. The average Bonchev–Trinajstić information content (AvgIpc) is 2.48. The van der Waals surface area contributed by atoms with Crippen LogP contribution < -0.4 is 11.1 Å². The molecule has 2 nitrogen and oxygen atoms in total. The van der Waals surface area contributed by atoms with Crippen molar-refractivity contribution in [3.63, 3.8) is 0 Å². The molecule has 0 spiro atoms. The van der Waals surface area contributed by atoms with Crippen LogP contribution in [0.1, 0.15) is 46.5 Å². The van der Waals surface area contributed by atoms with E-state index in [0.29, 0.717) is 6.04 Å². The number of nitrogens with one attached hydrogen (secondary N) is 1. The predicted octanol–water partition coefficient (Wildman–Crippen LogP) is 3.81. The molecule has 0 aliphatic heterocycles. The third-order valence-electron chi connectivity index (χ3n) is 2.64. The summed E-state index contributed by atoms with van der Waals surface area (Å²) in [6.07, 6.45) is 13.3. The molecule has 0 heterocycles. The summed E-state index contributed by atoms with van der Waals surface area (Å²) >= 11 is 0. The van der Waals surface area contributed by atoms with E-state index < -0.39 is 0 Å². The summed E-state index contributed by atoms with van der Waals surface area (Å²) in [4.78, 5) is 0. The van der Waals surface area contributed by atoms with E-state index in [9.17, 15) is 0 Å². The first kappa shape index (κ1) is 19.5. The number of unbranched alkanes of at least 4 members (excludes halogenated alkanes) is 1. The number of hydrogen-bond acceptors (Lipinski definition) is 2. The van der Waals surface area contributed by atoms with Crippen molar-refractivity contribution in [2.24, 2.45) is 5.73 Å². The highest BCUT2D eigenvalue weighted by atomic mass is 14.9. The molecule has 106 valence electrons. The molecule has 1 rings (SSSR count). The van der Waals surface area contributed by atoms with Gasteiger partial charge < -0.3 is 11.1 Å². The largest absolute Gasteiger partial charge is 0.333 e. The van der Waals surface area contributed by atoms with E-state index in [2.05, 4.69) is 42.8 Å². The first-order valence-corrected chi connectivity index (χ1v) is 7.12. The molecule has 1 atom stereocenters. The van der Waals surface area contributed by atoms with Gasteiger partial charge in [0.05, 0.1) is 0 Å². The maximum atomic E-state index is 4.50. The highest BCUT2D eigenvalue weighted by molar-refractivity contribution is 5.21. The Morgan fingerprint density at radius 3 is 2.61 bits per heavy atom. The summed E-state index contributed by atoms with van der Waals surface area (Å²) in [5, 5.41) is 3.54. The van der Waals surface area contributed by atoms with Gasteiger partial charge >= 0.3 is 0 Å². The summed E-state index contributed by atoms with van der Waals surface area (Å²) in [6.45, 7) is 11.1. The summed E-state index contributed by atoms with van der Waals surface area (Å²) in [6, 6.07) is 0.532. The van der Waals surface area contributed by atoms with Crippen molar-refractivity contribution in [1.82, 2.24) is 5.32 Å². The number of allylic oxidation sites excluding steroid dienone is 4. The third kappa shape index (κ3) is 10.3. The monoisotopic (exact) mass is 252 g/mol. The van der Waals surface area contributed by atoms with E-state index in [1.807, 2.05) is 19.9 Å². The van der Waals surface area contributed by atoms with Gasteiger partial charge in [-0.2, -0.15) is 0 Å². The average molecular weight is 252 g/mol. The molecule has 3 N–H and O–H groups in total. The van der Waals surface area contributed by atoms with Crippen molar-refractivity contribution in [3.05, 3.63) is 36.5 Å². The Balaban J connectivity index is 0. The van der Waals surface area contributed by atoms with Crippen molar-refractivity contribution in [3.8, 4) is 0 Å². The normalized spacial score (nSPS) is 14.4. The van der Waals surface area contributed by atoms with E-state index in [-0.39, 0.29) is 0 Å². The molecule has 1 unspecified atom stereocenters. The first-order chi connectivity index (χ1) is 8.84. The zero-order valence-corrected chi connectivity index (χ0v) is 12.7. The van der Waals surface area contributed by atoms with E-state index in [4.69, 9.17) is 0 Å². The number of nitrogens with two attached hydrogens (primary N) is 1. The van der Waals surface area contributed by atoms with Crippen LogP contribution in [0.4, 0.5) is 0 Å². The number of hydrogen-bond donors (Lipinski definition) is 2. The van der Waals surface area contributed by atoms with Crippen LogP contribution in [0, 0.1) is 0 Å². The molecule has 0 aromatic rings. The molecule has 18 heavy (non-hydrogen) atoms. The van der Waals surface area contributed by atoms with Gasteiger partial charge in [-0.05, 0) is 46.2 Å². The van der Waals surface area contributed by atoms with Gasteiger partial charge in [-0.3, -0.25) is 0 Å². The van der Waals surface area contributed by atoms with Crippen LogP contribution >= 0.6 is 0 Å². The van der Waals surface area contributed by atoms with Gasteiger partial charge in [0, 0.05) is 6.04 Å². The van der Waals surface area contributed by atoms with Crippen LogP contribution in [0.15, 0.2) is 36.5 Å². The molecule has 0 saturated carbocycles. The minimum atomic E-state index is 0.532. The van der Waals surface area contributed by atoms with E-state index in [1.54, 1.807) is 0 Å². The van der Waals surface area contributed by atoms with Crippen molar-refractivity contribution in [2.45, 2.75) is 52.5 Å². The molecule has 0 saturated heterocycles. The van der Waals surface area contributed by atoms with Crippen molar-refractivity contribution in [2.75, 3.05) is 13.6 Å². The summed E-state index contributed by atoms with van der Waals surface area (Å²) < 4.78 is 0. The second-order valence-corrected chi connectivity index (χ2v) is 3.82. The minimum Gasteiger partial charge on any atom is -0.333 e. The Hall–Kier alpha value is -0.860. The summed E-state index contributed by atoms with van der Waals surface area (Å²) in [5.74, 6) is 0. The van der Waals surface area contributed by atoms with Crippen LogP contribution in [-0.2, 0) is 0 Å². The van der Waals surface area contributed by atoms with Crippen LogP contribution in [-0.4, -0.2) is 19.6 Å². The maximum Gasteiger partial charge on any atom is 0.0254 e. The maximum absolute atomic E-state index is 4.50. The van der Waals surface area contributed by atoms with Crippen LogP contribution in [0.25, 0.3) is 0 Å².